The van der Waals surface area contributed by atoms with Gasteiger partial charge in [0.1, 0.15) is 5.84 Å². The first-order valence-corrected chi connectivity index (χ1v) is 4.42. The van der Waals surface area contributed by atoms with E-state index in [1.54, 1.807) is 18.2 Å². The molecule has 0 radical (unpaired) electrons. The van der Waals surface area contributed by atoms with Crippen molar-refractivity contribution in [3.05, 3.63) is 24.4 Å². The lowest BCUT2D eigenvalue weighted by Crippen LogP contribution is -2.47. The minimum Gasteiger partial charge on any atom is -0.299 e. The number of hydrogen-bond acceptors (Lipinski definition) is 3. The standard InChI is InChI=1S/C10H8N2O3/c1-6(13)8-9(14)11-7-4-2-3-5-12(7)10(8)15/h2-5,8H,1H3. The average Bonchev–Trinajstić information content (AvgIpc) is 2.17. The van der Waals surface area contributed by atoms with Gasteiger partial charge in [-0.15, -0.1) is 0 Å². The highest BCUT2D eigenvalue weighted by Crippen LogP contribution is 2.17. The predicted octanol–water partition coefficient (Wildman–Crippen LogP) is 0.0424. The summed E-state index contributed by atoms with van der Waals surface area (Å²) in [6.07, 6.45) is 6.35. The molecule has 1 unspecified atom stereocenters. The monoisotopic (exact) mass is 204 g/mol. The molecule has 0 aromatic heterocycles. The lowest BCUT2D eigenvalue weighted by molar-refractivity contribution is -0.143. The van der Waals surface area contributed by atoms with Crippen molar-refractivity contribution < 1.29 is 14.4 Å². The number of carbonyl (C=O) groups excluding carboxylic acids is 3. The Morgan fingerprint density at radius 3 is 2.80 bits per heavy atom. The van der Waals surface area contributed by atoms with E-state index in [0.717, 1.165) is 0 Å². The van der Waals surface area contributed by atoms with Crippen LogP contribution in [0.2, 0.25) is 0 Å². The van der Waals surface area contributed by atoms with Crippen LogP contribution in [0, 0.1) is 5.92 Å². The summed E-state index contributed by atoms with van der Waals surface area (Å²) >= 11 is 0. The van der Waals surface area contributed by atoms with Crippen LogP contribution in [0.3, 0.4) is 0 Å². The van der Waals surface area contributed by atoms with Gasteiger partial charge in [-0.05, 0) is 19.1 Å². The number of allylic oxidation sites excluding steroid dienone is 2. The van der Waals surface area contributed by atoms with Gasteiger partial charge < -0.3 is 0 Å². The summed E-state index contributed by atoms with van der Waals surface area (Å²) in [7, 11) is 0. The number of amides is 2. The van der Waals surface area contributed by atoms with Crippen molar-refractivity contribution in [2.45, 2.75) is 6.92 Å². The fraction of sp³-hybridized carbons (Fsp3) is 0.200. The highest BCUT2D eigenvalue weighted by atomic mass is 16.2. The first-order chi connectivity index (χ1) is 7.11. The second-order valence-corrected chi connectivity index (χ2v) is 3.26. The molecule has 0 fully saturated rings. The molecule has 2 aliphatic heterocycles. The van der Waals surface area contributed by atoms with Crippen LogP contribution in [0.25, 0.3) is 0 Å². The minimum atomic E-state index is -1.27. The molecule has 2 amide bonds. The third-order valence-corrected chi connectivity index (χ3v) is 2.20. The molecule has 0 aromatic rings. The fourth-order valence-electron chi connectivity index (χ4n) is 1.48. The summed E-state index contributed by atoms with van der Waals surface area (Å²) in [5, 5.41) is 0. The van der Waals surface area contributed by atoms with Crippen LogP contribution in [0.15, 0.2) is 29.4 Å². The third kappa shape index (κ3) is 1.41. The number of carbonyl (C=O) groups is 3. The third-order valence-electron chi connectivity index (χ3n) is 2.20. The smallest absolute Gasteiger partial charge is 0.267 e. The van der Waals surface area contributed by atoms with Gasteiger partial charge in [-0.25, -0.2) is 0 Å². The molecule has 1 atom stereocenters. The van der Waals surface area contributed by atoms with Crippen LogP contribution < -0.4 is 0 Å². The van der Waals surface area contributed by atoms with E-state index in [1.807, 2.05) is 0 Å². The maximum Gasteiger partial charge on any atom is 0.267 e. The molecule has 0 bridgehead atoms. The first kappa shape index (κ1) is 9.51. The molecule has 0 aliphatic carbocycles. The van der Waals surface area contributed by atoms with Gasteiger partial charge in [-0.3, -0.25) is 19.3 Å². The zero-order chi connectivity index (χ0) is 11.0. The molecular formula is C10H8N2O3. The number of ketones is 1. The SMILES string of the molecule is CC(=O)C1C(=O)N=C2C=CC=CN2C1=O. The number of fused-ring (bicyclic) bond motifs is 1. The zero-order valence-electron chi connectivity index (χ0n) is 8.01. The number of Topliss-reactive ketones (excluding diaryl/α,β-unsaturated/α-hetero) is 1. The van der Waals surface area contributed by atoms with Gasteiger partial charge in [0.2, 0.25) is 0 Å². The van der Waals surface area contributed by atoms with Crippen LogP contribution in [-0.2, 0) is 14.4 Å². The summed E-state index contributed by atoms with van der Waals surface area (Å²) in [4.78, 5) is 39.1. The molecule has 0 spiro atoms. The zero-order valence-corrected chi connectivity index (χ0v) is 8.01. The molecule has 15 heavy (non-hydrogen) atoms. The number of hydrogen-bond donors (Lipinski definition) is 0. The van der Waals surface area contributed by atoms with Crippen molar-refractivity contribution in [1.29, 1.82) is 0 Å². The predicted molar refractivity (Wildman–Crippen MR) is 51.7 cm³/mol. The second kappa shape index (κ2) is 3.27. The molecule has 0 N–H and O–H groups in total. The van der Waals surface area contributed by atoms with Crippen molar-refractivity contribution in [1.82, 2.24) is 4.90 Å². The van der Waals surface area contributed by atoms with Crippen molar-refractivity contribution in [3.63, 3.8) is 0 Å². The van der Waals surface area contributed by atoms with E-state index in [2.05, 4.69) is 4.99 Å². The van der Waals surface area contributed by atoms with E-state index < -0.39 is 23.5 Å². The second-order valence-electron chi connectivity index (χ2n) is 3.26. The van der Waals surface area contributed by atoms with Gasteiger partial charge in [0.05, 0.1) is 0 Å². The molecule has 5 nitrogen and oxygen atoms in total. The lowest BCUT2D eigenvalue weighted by atomic mass is 10.0. The Kier molecular flexibility index (Phi) is 2.07. The topological polar surface area (TPSA) is 66.8 Å². The highest BCUT2D eigenvalue weighted by Gasteiger charge is 2.39. The Labute approximate surface area is 85.8 Å². The maximum absolute atomic E-state index is 11.7. The van der Waals surface area contributed by atoms with Gasteiger partial charge >= 0.3 is 0 Å². The van der Waals surface area contributed by atoms with Gasteiger partial charge in [0, 0.05) is 6.20 Å². The molecule has 76 valence electrons. The van der Waals surface area contributed by atoms with Crippen LogP contribution in [-0.4, -0.2) is 28.3 Å². The van der Waals surface area contributed by atoms with E-state index in [1.165, 1.54) is 18.0 Å². The van der Waals surface area contributed by atoms with E-state index >= 15 is 0 Å². The fourth-order valence-corrected chi connectivity index (χ4v) is 1.48. The van der Waals surface area contributed by atoms with Crippen molar-refractivity contribution in [2.75, 3.05) is 0 Å². The number of rotatable bonds is 1. The summed E-state index contributed by atoms with van der Waals surface area (Å²) in [5.41, 5.74) is 0. The lowest BCUT2D eigenvalue weighted by Gasteiger charge is -2.26. The quantitative estimate of drug-likeness (QED) is 0.566. The Hall–Kier alpha value is -2.04. The summed E-state index contributed by atoms with van der Waals surface area (Å²) in [5.74, 6) is -2.69. The summed E-state index contributed by atoms with van der Waals surface area (Å²) in [6.45, 7) is 1.21. The largest absolute Gasteiger partial charge is 0.299 e. The average molecular weight is 204 g/mol. The van der Waals surface area contributed by atoms with Crippen molar-refractivity contribution >= 4 is 23.4 Å². The Bertz CT molecular complexity index is 446. The molecule has 0 aromatic carbocycles. The molecule has 2 rings (SSSR count). The first-order valence-electron chi connectivity index (χ1n) is 4.42. The van der Waals surface area contributed by atoms with Crippen LogP contribution in [0.4, 0.5) is 0 Å². The van der Waals surface area contributed by atoms with E-state index in [0.29, 0.717) is 0 Å². The Balaban J connectivity index is 2.46. The molecule has 5 heteroatoms. The minimum absolute atomic E-state index is 0.269. The summed E-state index contributed by atoms with van der Waals surface area (Å²) in [6, 6.07) is 0. The summed E-state index contributed by atoms with van der Waals surface area (Å²) < 4.78 is 0. The number of aliphatic imine (C=N–C) groups is 1. The van der Waals surface area contributed by atoms with Crippen LogP contribution in [0.1, 0.15) is 6.92 Å². The van der Waals surface area contributed by atoms with E-state index in [4.69, 9.17) is 0 Å². The highest BCUT2D eigenvalue weighted by molar-refractivity contribution is 6.27. The van der Waals surface area contributed by atoms with Crippen molar-refractivity contribution in [2.24, 2.45) is 10.9 Å². The molecule has 0 saturated carbocycles. The molecular weight excluding hydrogens is 196 g/mol. The number of nitrogens with zero attached hydrogens (tertiary/aromatic N) is 2. The van der Waals surface area contributed by atoms with Gasteiger partial charge in [0.25, 0.3) is 11.8 Å². The molecule has 0 saturated heterocycles. The van der Waals surface area contributed by atoms with E-state index in [-0.39, 0.29) is 5.84 Å². The van der Waals surface area contributed by atoms with Crippen LogP contribution >= 0.6 is 0 Å². The normalized spacial score (nSPS) is 23.9. The van der Waals surface area contributed by atoms with Crippen LogP contribution in [0.5, 0.6) is 0 Å². The van der Waals surface area contributed by atoms with Gasteiger partial charge in [-0.2, -0.15) is 4.99 Å². The number of amidine groups is 1. The van der Waals surface area contributed by atoms with E-state index in [9.17, 15) is 14.4 Å². The Morgan fingerprint density at radius 2 is 2.13 bits per heavy atom. The van der Waals surface area contributed by atoms with Crippen molar-refractivity contribution in [3.8, 4) is 0 Å². The Morgan fingerprint density at radius 1 is 1.40 bits per heavy atom. The van der Waals surface area contributed by atoms with Gasteiger partial charge in [-0.1, -0.05) is 6.08 Å². The molecule has 2 aliphatic rings. The molecule has 2 heterocycles. The maximum atomic E-state index is 11.7. The van der Waals surface area contributed by atoms with Gasteiger partial charge in [0.15, 0.2) is 11.7 Å².